The van der Waals surface area contributed by atoms with Crippen molar-refractivity contribution in [3.63, 3.8) is 0 Å². The zero-order valence-corrected chi connectivity index (χ0v) is 22.7. The highest BCUT2D eigenvalue weighted by molar-refractivity contribution is 6.14. The molecule has 0 unspecified atom stereocenters. The van der Waals surface area contributed by atoms with E-state index in [9.17, 15) is 9.59 Å². The van der Waals surface area contributed by atoms with Gasteiger partial charge in [0.15, 0.2) is 0 Å². The molecular formula is C34H30O6. The highest BCUT2D eigenvalue weighted by atomic mass is 16.5. The van der Waals surface area contributed by atoms with Crippen molar-refractivity contribution in [2.24, 2.45) is 0 Å². The van der Waals surface area contributed by atoms with Gasteiger partial charge in [0.05, 0.1) is 24.3 Å². The Morgan fingerprint density at radius 2 is 1.00 bits per heavy atom. The molecule has 0 saturated heterocycles. The van der Waals surface area contributed by atoms with E-state index in [0.29, 0.717) is 68.9 Å². The zero-order chi connectivity index (χ0) is 28.1. The summed E-state index contributed by atoms with van der Waals surface area (Å²) in [5.41, 5.74) is 1.86. The molecular weight excluding hydrogens is 504 g/mol. The molecule has 5 aromatic rings. The lowest BCUT2D eigenvalue weighted by Gasteiger charge is -2.17. The fourth-order valence-corrected chi connectivity index (χ4v) is 4.60. The number of ether oxygens (including phenoxy) is 4. The lowest BCUT2D eigenvalue weighted by atomic mass is 9.98. The van der Waals surface area contributed by atoms with Crippen LogP contribution in [-0.4, -0.2) is 25.2 Å². The van der Waals surface area contributed by atoms with Gasteiger partial charge in [0.25, 0.3) is 0 Å². The van der Waals surface area contributed by atoms with E-state index in [0.717, 1.165) is 12.0 Å². The molecule has 0 aliphatic carbocycles. The summed E-state index contributed by atoms with van der Waals surface area (Å²) in [6.07, 6.45) is 0.788. The third kappa shape index (κ3) is 5.47. The van der Waals surface area contributed by atoms with Gasteiger partial charge in [-0.2, -0.15) is 0 Å². The van der Waals surface area contributed by atoms with E-state index in [4.69, 9.17) is 18.9 Å². The zero-order valence-electron chi connectivity index (χ0n) is 22.7. The van der Waals surface area contributed by atoms with E-state index in [1.54, 1.807) is 48.5 Å². The van der Waals surface area contributed by atoms with Crippen LogP contribution in [0.3, 0.4) is 0 Å². The highest BCUT2D eigenvalue weighted by Gasteiger charge is 2.22. The number of benzene rings is 5. The van der Waals surface area contributed by atoms with Gasteiger partial charge in [0.1, 0.15) is 23.0 Å². The Kier molecular flexibility index (Phi) is 7.97. The minimum absolute atomic E-state index is 0.400. The topological polar surface area (TPSA) is 71.1 Å². The molecule has 0 N–H and O–H groups in total. The molecule has 0 fully saturated rings. The van der Waals surface area contributed by atoms with E-state index in [1.165, 1.54) is 0 Å². The summed E-state index contributed by atoms with van der Waals surface area (Å²) in [5, 5.41) is 2.68. The van der Waals surface area contributed by atoms with Gasteiger partial charge in [-0.1, -0.05) is 43.3 Å². The summed E-state index contributed by atoms with van der Waals surface area (Å²) in [6, 6.07) is 27.0. The minimum Gasteiger partial charge on any atom is -0.494 e. The molecule has 0 amide bonds. The standard InChI is InChI=1S/C34H30O6/c1-4-22-11-20-29-30(21-22)32(40-34(36)24-14-18-26(19-15-24)38-6-3)28-10-8-7-9-27(28)31(29)39-33(35)23-12-16-25(17-13-23)37-5-2/h7-21H,4-6H2,1-3H3. The Hall–Kier alpha value is -4.84. The lowest BCUT2D eigenvalue weighted by molar-refractivity contribution is 0.0726. The Morgan fingerprint density at radius 3 is 1.45 bits per heavy atom. The van der Waals surface area contributed by atoms with Gasteiger partial charge in [-0.25, -0.2) is 9.59 Å². The third-order valence-electron chi connectivity index (χ3n) is 6.59. The smallest absolute Gasteiger partial charge is 0.343 e. The molecule has 0 aromatic heterocycles. The van der Waals surface area contributed by atoms with Gasteiger partial charge in [-0.05, 0) is 80.4 Å². The molecule has 0 aliphatic heterocycles. The maximum Gasteiger partial charge on any atom is 0.343 e. The Balaban J connectivity index is 1.59. The van der Waals surface area contributed by atoms with Crippen LogP contribution < -0.4 is 18.9 Å². The molecule has 202 valence electrons. The minimum atomic E-state index is -0.492. The van der Waals surface area contributed by atoms with Crippen LogP contribution in [0.5, 0.6) is 23.0 Å². The first kappa shape index (κ1) is 26.8. The van der Waals surface area contributed by atoms with Crippen LogP contribution in [0, 0.1) is 0 Å². The number of aryl methyl sites for hydroxylation is 1. The summed E-state index contributed by atoms with van der Waals surface area (Å²) in [4.78, 5) is 26.5. The molecule has 0 heterocycles. The van der Waals surface area contributed by atoms with Gasteiger partial charge < -0.3 is 18.9 Å². The van der Waals surface area contributed by atoms with Crippen LogP contribution in [0.2, 0.25) is 0 Å². The third-order valence-corrected chi connectivity index (χ3v) is 6.59. The monoisotopic (exact) mass is 534 g/mol. The second-order valence-electron chi connectivity index (χ2n) is 9.13. The Bertz CT molecular complexity index is 1670. The van der Waals surface area contributed by atoms with E-state index in [2.05, 4.69) is 6.92 Å². The molecule has 0 saturated carbocycles. The van der Waals surface area contributed by atoms with Crippen LogP contribution in [0.15, 0.2) is 91.0 Å². The Morgan fingerprint density at radius 1 is 0.550 bits per heavy atom. The van der Waals surface area contributed by atoms with Crippen molar-refractivity contribution in [3.05, 3.63) is 108 Å². The number of hydrogen-bond donors (Lipinski definition) is 0. The average molecular weight is 535 g/mol. The second kappa shape index (κ2) is 11.9. The van der Waals surface area contributed by atoms with Crippen molar-refractivity contribution >= 4 is 33.5 Å². The van der Waals surface area contributed by atoms with Crippen molar-refractivity contribution in [1.29, 1.82) is 0 Å². The van der Waals surface area contributed by atoms with E-state index in [1.807, 2.05) is 56.3 Å². The summed E-state index contributed by atoms with van der Waals surface area (Å²) in [6.45, 7) is 6.94. The predicted molar refractivity (Wildman–Crippen MR) is 156 cm³/mol. The average Bonchev–Trinajstić information content (AvgIpc) is 2.99. The van der Waals surface area contributed by atoms with E-state index in [-0.39, 0.29) is 0 Å². The first-order valence-electron chi connectivity index (χ1n) is 13.4. The number of hydrogen-bond acceptors (Lipinski definition) is 6. The van der Waals surface area contributed by atoms with Crippen LogP contribution >= 0.6 is 0 Å². The maximum atomic E-state index is 13.3. The fraction of sp³-hybridized carbons (Fsp3) is 0.176. The fourth-order valence-electron chi connectivity index (χ4n) is 4.60. The molecule has 0 spiro atoms. The summed E-state index contributed by atoms with van der Waals surface area (Å²) in [7, 11) is 0. The second-order valence-corrected chi connectivity index (χ2v) is 9.13. The predicted octanol–water partition coefficient (Wildman–Crippen LogP) is 7.79. The molecule has 0 radical (unpaired) electrons. The van der Waals surface area contributed by atoms with E-state index >= 15 is 0 Å². The van der Waals surface area contributed by atoms with Gasteiger partial charge in [-0.3, -0.25) is 0 Å². The molecule has 0 atom stereocenters. The van der Waals surface area contributed by atoms with Gasteiger partial charge in [0.2, 0.25) is 0 Å². The summed E-state index contributed by atoms with van der Waals surface area (Å²) >= 11 is 0. The van der Waals surface area contributed by atoms with Gasteiger partial charge in [-0.15, -0.1) is 0 Å². The van der Waals surface area contributed by atoms with Crippen LogP contribution in [0.25, 0.3) is 21.5 Å². The highest BCUT2D eigenvalue weighted by Crippen LogP contribution is 2.43. The van der Waals surface area contributed by atoms with Crippen molar-refractivity contribution < 1.29 is 28.5 Å². The van der Waals surface area contributed by atoms with Gasteiger partial charge in [0, 0.05) is 21.5 Å². The summed E-state index contributed by atoms with van der Waals surface area (Å²) in [5.74, 6) is 1.21. The van der Waals surface area contributed by atoms with Crippen LogP contribution in [-0.2, 0) is 6.42 Å². The normalized spacial score (nSPS) is 10.9. The number of fused-ring (bicyclic) bond motifs is 2. The Labute approximate surface area is 233 Å². The quantitative estimate of drug-likeness (QED) is 0.109. The number of carbonyl (C=O) groups excluding carboxylic acids is 2. The molecule has 40 heavy (non-hydrogen) atoms. The maximum absolute atomic E-state index is 13.3. The number of carbonyl (C=O) groups is 2. The van der Waals surface area contributed by atoms with Gasteiger partial charge >= 0.3 is 11.9 Å². The molecule has 6 heteroatoms. The lowest BCUT2D eigenvalue weighted by Crippen LogP contribution is -2.11. The van der Waals surface area contributed by atoms with E-state index < -0.39 is 11.9 Å². The van der Waals surface area contributed by atoms with Crippen LogP contribution in [0.4, 0.5) is 0 Å². The van der Waals surface area contributed by atoms with Crippen LogP contribution in [0.1, 0.15) is 47.1 Å². The van der Waals surface area contributed by atoms with Crippen molar-refractivity contribution in [1.82, 2.24) is 0 Å². The molecule has 0 aliphatic rings. The number of esters is 2. The molecule has 5 rings (SSSR count). The molecule has 6 nitrogen and oxygen atoms in total. The van der Waals surface area contributed by atoms with Crippen molar-refractivity contribution in [3.8, 4) is 23.0 Å². The largest absolute Gasteiger partial charge is 0.494 e. The first-order valence-corrected chi connectivity index (χ1v) is 13.4. The first-order chi connectivity index (χ1) is 19.5. The SMILES string of the molecule is CCOc1ccc(C(=O)Oc2c3ccccc3c(OC(=O)c3ccc(OCC)cc3)c3cc(CC)ccc23)cc1. The number of rotatable bonds is 9. The summed E-state index contributed by atoms with van der Waals surface area (Å²) < 4.78 is 23.1. The molecule has 5 aromatic carbocycles. The van der Waals surface area contributed by atoms with Crippen molar-refractivity contribution in [2.75, 3.05) is 13.2 Å². The molecule has 0 bridgehead atoms. The van der Waals surface area contributed by atoms with Crippen molar-refractivity contribution in [2.45, 2.75) is 27.2 Å².